The van der Waals surface area contributed by atoms with Crippen LogP contribution in [0.1, 0.15) is 18.9 Å². The van der Waals surface area contributed by atoms with Gasteiger partial charge in [-0.05, 0) is 6.92 Å². The molecule has 0 aliphatic carbocycles. The first-order valence-corrected chi connectivity index (χ1v) is 14.2. The fraction of sp³-hybridized carbons (Fsp3) is 0.320. The predicted molar refractivity (Wildman–Crippen MR) is 128 cm³/mol. The first-order chi connectivity index (χ1) is 15.9. The molecule has 1 heterocycles. The van der Waals surface area contributed by atoms with Crippen molar-refractivity contribution in [2.45, 2.75) is 32.9 Å². The van der Waals surface area contributed by atoms with E-state index in [1.54, 1.807) is 22.8 Å². The molecule has 0 bridgehead atoms. The molecule has 1 atom stereocenters. The van der Waals surface area contributed by atoms with Crippen LogP contribution in [0.3, 0.4) is 0 Å². The summed E-state index contributed by atoms with van der Waals surface area (Å²) in [6, 6.07) is 17.3. The topological polar surface area (TPSA) is 73.7 Å². The first kappa shape index (κ1) is 24.9. The van der Waals surface area contributed by atoms with Gasteiger partial charge >= 0.3 is 194 Å². The Morgan fingerprint density at radius 3 is 2.55 bits per heavy atom. The summed E-state index contributed by atoms with van der Waals surface area (Å²) < 4.78 is 14.3. The van der Waals surface area contributed by atoms with Crippen LogP contribution in [0.5, 0.6) is 11.5 Å². The van der Waals surface area contributed by atoms with Crippen molar-refractivity contribution < 1.29 is 19.1 Å². The fourth-order valence-electron chi connectivity index (χ4n) is 3.16. The average molecular weight is 550 g/mol. The van der Waals surface area contributed by atoms with Gasteiger partial charge in [0.15, 0.2) is 0 Å². The number of hydrogen-bond donors (Lipinski definition) is 0. The number of carbonyl (C=O) groups excluding carboxylic acids is 2. The first-order valence-electron chi connectivity index (χ1n) is 10.9. The van der Waals surface area contributed by atoms with Gasteiger partial charge in [-0.15, -0.1) is 0 Å². The van der Waals surface area contributed by atoms with Crippen LogP contribution < -0.4 is 12.8 Å². The molecule has 1 unspecified atom stereocenters. The maximum absolute atomic E-state index is 12.5. The van der Waals surface area contributed by atoms with Gasteiger partial charge in [0.2, 0.25) is 0 Å². The summed E-state index contributed by atoms with van der Waals surface area (Å²) in [4.78, 5) is 26.6. The van der Waals surface area contributed by atoms with E-state index in [-0.39, 0.29) is 22.1 Å². The molecule has 0 saturated carbocycles. The Labute approximate surface area is 206 Å². The van der Waals surface area contributed by atoms with Gasteiger partial charge in [0, 0.05) is 0 Å². The van der Waals surface area contributed by atoms with Gasteiger partial charge in [0.05, 0.1) is 0 Å². The van der Waals surface area contributed by atoms with E-state index in [0.717, 1.165) is 14.8 Å². The summed E-state index contributed by atoms with van der Waals surface area (Å²) in [6.45, 7) is 4.98. The molecule has 0 spiro atoms. The van der Waals surface area contributed by atoms with Gasteiger partial charge in [-0.25, -0.2) is 0 Å². The number of nitrogens with zero attached hydrogens (tertiary/aromatic N) is 3. The van der Waals surface area contributed by atoms with Gasteiger partial charge in [-0.1, -0.05) is 5.56 Å². The van der Waals surface area contributed by atoms with Crippen molar-refractivity contribution in [1.29, 1.82) is 0 Å². The molecule has 7 nitrogen and oxygen atoms in total. The predicted octanol–water partition coefficient (Wildman–Crippen LogP) is 2.44. The number of benzene rings is 2. The van der Waals surface area contributed by atoms with E-state index in [2.05, 4.69) is 5.10 Å². The zero-order chi connectivity index (χ0) is 23.6. The Kier molecular flexibility index (Phi) is 9.42. The molecule has 8 heteroatoms. The van der Waals surface area contributed by atoms with E-state index in [1.165, 1.54) is 5.56 Å². The second-order valence-electron chi connectivity index (χ2n) is 8.00. The number of likely N-dealkylation sites (N-methyl/N-ethyl adjacent to an activating group) is 1. The SMILES string of the molecule is Cc1ccc(OCCN(C)C(=O)Cn2c[c]([In][C](=O)CC(C)Oc3ccccc3)cn2)cc1. The van der Waals surface area contributed by atoms with Crippen LogP contribution in [0.15, 0.2) is 67.0 Å². The van der Waals surface area contributed by atoms with Crippen molar-refractivity contribution in [3.63, 3.8) is 0 Å². The number of carbonyl (C=O) groups is 2. The third-order valence-electron chi connectivity index (χ3n) is 4.99. The van der Waals surface area contributed by atoms with Gasteiger partial charge in [0.1, 0.15) is 0 Å². The number of amides is 1. The summed E-state index contributed by atoms with van der Waals surface area (Å²) >= 11 is -1.66. The van der Waals surface area contributed by atoms with Gasteiger partial charge in [-0.3, -0.25) is 0 Å². The van der Waals surface area contributed by atoms with E-state index in [1.807, 2.05) is 74.6 Å². The van der Waals surface area contributed by atoms with Gasteiger partial charge in [0.25, 0.3) is 0 Å². The summed E-state index contributed by atoms with van der Waals surface area (Å²) in [7, 11) is 1.75. The minimum absolute atomic E-state index is 0.0545. The summed E-state index contributed by atoms with van der Waals surface area (Å²) in [5.74, 6) is 1.50. The van der Waals surface area contributed by atoms with Crippen LogP contribution in [0, 0.1) is 6.92 Å². The van der Waals surface area contributed by atoms with Crippen LogP contribution in [-0.4, -0.2) is 73.3 Å². The Hall–Kier alpha value is -2.74. The monoisotopic (exact) mass is 550 g/mol. The number of ether oxygens (including phenoxy) is 2. The van der Waals surface area contributed by atoms with Crippen molar-refractivity contribution >= 4 is 35.7 Å². The van der Waals surface area contributed by atoms with Crippen molar-refractivity contribution in [2.75, 3.05) is 20.2 Å². The van der Waals surface area contributed by atoms with Gasteiger partial charge in [-0.2, -0.15) is 0 Å². The minimum atomic E-state index is -1.66. The Morgan fingerprint density at radius 2 is 1.82 bits per heavy atom. The Bertz CT molecular complexity index is 1040. The molecule has 171 valence electrons. The Balaban J connectivity index is 1.39. The zero-order valence-corrected chi connectivity index (χ0v) is 22.6. The van der Waals surface area contributed by atoms with Crippen molar-refractivity contribution in [3.8, 4) is 11.5 Å². The fourth-order valence-corrected chi connectivity index (χ4v) is 6.61. The molecule has 3 aromatic rings. The molecular weight excluding hydrogens is 521 g/mol. The number of aromatic nitrogens is 2. The second kappa shape index (κ2) is 12.5. The zero-order valence-electron chi connectivity index (χ0n) is 19.3. The van der Waals surface area contributed by atoms with E-state index in [4.69, 9.17) is 9.47 Å². The molecule has 1 amide bonds. The van der Waals surface area contributed by atoms with E-state index < -0.39 is 22.9 Å². The number of aryl methyl sites for hydroxylation is 1. The second-order valence-corrected chi connectivity index (χ2v) is 12.6. The molecule has 3 rings (SSSR count). The normalized spacial score (nSPS) is 11.5. The molecule has 0 aliphatic rings. The number of para-hydroxylation sites is 1. The molecular formula is C25H29InN3O4. The summed E-state index contributed by atoms with van der Waals surface area (Å²) in [6.07, 6.45) is 3.77. The van der Waals surface area contributed by atoms with E-state index in [0.29, 0.717) is 19.6 Å². The van der Waals surface area contributed by atoms with Crippen LogP contribution in [0.4, 0.5) is 0 Å². The molecule has 33 heavy (non-hydrogen) atoms. The molecule has 0 fully saturated rings. The molecule has 0 N–H and O–H groups in total. The van der Waals surface area contributed by atoms with Crippen molar-refractivity contribution in [3.05, 3.63) is 72.6 Å². The average Bonchev–Trinajstić information content (AvgIpc) is 3.21. The summed E-state index contributed by atoms with van der Waals surface area (Å²) in [5.41, 5.74) is 1.18. The van der Waals surface area contributed by atoms with Crippen LogP contribution in [0.2, 0.25) is 0 Å². The third-order valence-corrected chi connectivity index (χ3v) is 8.38. The van der Waals surface area contributed by atoms with E-state index in [9.17, 15) is 9.59 Å². The van der Waals surface area contributed by atoms with Crippen LogP contribution in [0.25, 0.3) is 0 Å². The molecule has 0 aliphatic heterocycles. The maximum atomic E-state index is 12.5. The molecule has 1 aromatic heterocycles. The number of hydrogen-bond acceptors (Lipinski definition) is 5. The summed E-state index contributed by atoms with van der Waals surface area (Å²) in [5, 5.41) is 4.28. The van der Waals surface area contributed by atoms with Gasteiger partial charge < -0.3 is 0 Å². The number of rotatable bonds is 12. The molecule has 1 radical (unpaired) electrons. The van der Waals surface area contributed by atoms with Crippen molar-refractivity contribution in [1.82, 2.24) is 14.7 Å². The Morgan fingerprint density at radius 1 is 1.09 bits per heavy atom. The van der Waals surface area contributed by atoms with Crippen LogP contribution in [-0.2, 0) is 16.1 Å². The van der Waals surface area contributed by atoms with Crippen LogP contribution >= 0.6 is 0 Å². The third kappa shape index (κ3) is 8.61. The van der Waals surface area contributed by atoms with Crippen molar-refractivity contribution in [2.24, 2.45) is 0 Å². The van der Waals surface area contributed by atoms with E-state index >= 15 is 0 Å². The molecule has 2 aromatic carbocycles. The quantitative estimate of drug-likeness (QED) is 0.347. The molecule has 0 saturated heterocycles. The standard InChI is InChI=1S/C15H18N3O2.C10H11O2.In/c1-13-4-6-14(7-5-13)20-11-10-17(2)15(19)12-18-9-3-8-16-18;1-9(7-8-11)12-10-5-3-2-4-6-10;/h4-9H,10-12H2,1-2H3;2-6,9H,7H2,1H3;.